The predicted octanol–water partition coefficient (Wildman–Crippen LogP) is 7.38. The van der Waals surface area contributed by atoms with Crippen molar-refractivity contribution in [3.63, 3.8) is 0 Å². The number of nitrogens with one attached hydrogen (secondary N) is 1. The summed E-state index contributed by atoms with van der Waals surface area (Å²) in [6, 6.07) is 17.0. The molecule has 0 radical (unpaired) electrons. The van der Waals surface area contributed by atoms with Crippen LogP contribution in [-0.2, 0) is 20.7 Å². The highest BCUT2D eigenvalue weighted by Gasteiger charge is 2.31. The molecule has 230 valence electrons. The maximum atomic E-state index is 12.9. The quantitative estimate of drug-likeness (QED) is 0.0860. The molecule has 0 aliphatic carbocycles. The topological polar surface area (TPSA) is 108 Å². The number of ether oxygens (including phenoxy) is 2. The Hall–Kier alpha value is -4.07. The normalized spacial score (nSPS) is 11.9. The summed E-state index contributed by atoms with van der Waals surface area (Å²) in [7, 11) is 0. The Morgan fingerprint density at radius 2 is 1.68 bits per heavy atom. The number of carbonyl (C=O) groups excluding carboxylic acids is 2. The van der Waals surface area contributed by atoms with Crippen molar-refractivity contribution >= 4 is 57.7 Å². The van der Waals surface area contributed by atoms with E-state index < -0.39 is 12.3 Å². The molecule has 1 amide bonds. The van der Waals surface area contributed by atoms with Gasteiger partial charge in [-0.2, -0.15) is 0 Å². The molecule has 15 heteroatoms. The number of esters is 1. The minimum Gasteiger partial charge on any atom is -0.454 e. The van der Waals surface area contributed by atoms with Crippen LogP contribution < -0.4 is 10.1 Å². The van der Waals surface area contributed by atoms with E-state index in [1.807, 2.05) is 0 Å². The number of alkyl halides is 3. The Bertz CT molecular complexity index is 1630. The molecule has 3 aromatic carbocycles. The zero-order valence-electron chi connectivity index (χ0n) is 23.1. The van der Waals surface area contributed by atoms with Gasteiger partial charge in [-0.25, -0.2) is 14.7 Å². The summed E-state index contributed by atoms with van der Waals surface area (Å²) in [5, 5.41) is 7.81. The fourth-order valence-corrected chi connectivity index (χ4v) is 4.66. The van der Waals surface area contributed by atoms with E-state index in [1.54, 1.807) is 56.3 Å². The van der Waals surface area contributed by atoms with E-state index in [9.17, 15) is 22.8 Å². The first kappa shape index (κ1) is 32.8. The highest BCUT2D eigenvalue weighted by atomic mass is 35.5. The van der Waals surface area contributed by atoms with E-state index in [0.29, 0.717) is 22.6 Å². The van der Waals surface area contributed by atoms with Crippen LogP contribution in [0.5, 0.6) is 5.75 Å². The van der Waals surface area contributed by atoms with Gasteiger partial charge < -0.3 is 14.8 Å². The number of aromatic nitrogens is 3. The number of aliphatic imine (C=N–C) groups is 1. The van der Waals surface area contributed by atoms with Gasteiger partial charge in [-0.3, -0.25) is 9.59 Å². The molecule has 1 heterocycles. The fraction of sp³-hybridized carbons (Fsp3) is 0.207. The molecule has 44 heavy (non-hydrogen) atoms. The van der Waals surface area contributed by atoms with Crippen molar-refractivity contribution in [1.29, 1.82) is 0 Å². The van der Waals surface area contributed by atoms with Gasteiger partial charge in [-0.1, -0.05) is 67.4 Å². The maximum absolute atomic E-state index is 12.9. The van der Waals surface area contributed by atoms with Crippen LogP contribution in [0.4, 0.5) is 18.9 Å². The average molecular weight is 667 g/mol. The van der Waals surface area contributed by atoms with E-state index in [4.69, 9.17) is 27.9 Å². The largest absolute Gasteiger partial charge is 0.573 e. The molecule has 1 aromatic heterocycles. The molecule has 4 rings (SSSR count). The monoisotopic (exact) mass is 665 g/mol. The SMILES string of the molecule is CC(C)C(=O)OCSC(=Nc1c(Cl)cccc1Cl)NC(=O)Cc1ccc(-c2ncn(-c3ccc(OC(F)(F)F)cc3)n2)cc1. The summed E-state index contributed by atoms with van der Waals surface area (Å²) < 4.78 is 47.7. The van der Waals surface area contributed by atoms with E-state index in [-0.39, 0.29) is 50.8 Å². The van der Waals surface area contributed by atoms with Crippen molar-refractivity contribution in [1.82, 2.24) is 20.1 Å². The summed E-state index contributed by atoms with van der Waals surface area (Å²) in [4.78, 5) is 33.4. The van der Waals surface area contributed by atoms with E-state index in [1.165, 1.54) is 35.3 Å². The highest BCUT2D eigenvalue weighted by molar-refractivity contribution is 8.13. The summed E-state index contributed by atoms with van der Waals surface area (Å²) >= 11 is 13.5. The number of para-hydroxylation sites is 1. The number of halogens is 5. The van der Waals surface area contributed by atoms with Gasteiger partial charge in [0.1, 0.15) is 23.7 Å². The second-order valence-electron chi connectivity index (χ2n) is 9.34. The zero-order valence-corrected chi connectivity index (χ0v) is 25.5. The standard InChI is InChI=1S/C29H24Cl2F3N5O4S/c1-17(2)27(41)42-16-44-28(37-25-22(30)4-3-5-23(25)31)36-24(40)14-18-6-8-19(9-7-18)26-35-15-39(38-26)20-10-12-21(13-11-20)43-29(32,33)34/h3-13,15,17H,14,16H2,1-2H3,(H,36,37,40). The van der Waals surface area contributed by atoms with E-state index >= 15 is 0 Å². The van der Waals surface area contributed by atoms with E-state index in [2.05, 4.69) is 25.1 Å². The number of hydrogen-bond donors (Lipinski definition) is 1. The van der Waals surface area contributed by atoms with Crippen molar-refractivity contribution in [2.24, 2.45) is 10.9 Å². The van der Waals surface area contributed by atoms with Crippen molar-refractivity contribution in [2.45, 2.75) is 26.6 Å². The number of rotatable bonds is 9. The van der Waals surface area contributed by atoms with Crippen LogP contribution in [0.15, 0.2) is 78.0 Å². The number of benzene rings is 3. The first-order chi connectivity index (χ1) is 20.9. The van der Waals surface area contributed by atoms with E-state index in [0.717, 1.165) is 11.8 Å². The molecule has 0 aliphatic heterocycles. The van der Waals surface area contributed by atoms with Crippen LogP contribution >= 0.6 is 35.0 Å². The van der Waals surface area contributed by atoms with Gasteiger partial charge in [0.25, 0.3) is 0 Å². The van der Waals surface area contributed by atoms with Crippen LogP contribution in [0.25, 0.3) is 17.1 Å². The predicted molar refractivity (Wildman–Crippen MR) is 162 cm³/mol. The molecule has 9 nitrogen and oxygen atoms in total. The molecule has 0 saturated carbocycles. The van der Waals surface area contributed by atoms with Gasteiger partial charge in [0, 0.05) is 5.56 Å². The van der Waals surface area contributed by atoms with Crippen molar-refractivity contribution in [3.05, 3.63) is 88.7 Å². The van der Waals surface area contributed by atoms with Crippen LogP contribution in [0.3, 0.4) is 0 Å². The first-order valence-electron chi connectivity index (χ1n) is 12.9. The molecule has 0 spiro atoms. The molecule has 0 atom stereocenters. The highest BCUT2D eigenvalue weighted by Crippen LogP contribution is 2.33. The second-order valence-corrected chi connectivity index (χ2v) is 11.1. The number of amidine groups is 1. The fourth-order valence-electron chi connectivity index (χ4n) is 3.54. The molecule has 4 aromatic rings. The molecule has 1 N–H and O–H groups in total. The Kier molecular flexibility index (Phi) is 10.9. The lowest BCUT2D eigenvalue weighted by molar-refractivity contribution is -0.274. The molecule has 0 fully saturated rings. The lowest BCUT2D eigenvalue weighted by Crippen LogP contribution is -2.30. The molecule has 0 unspecified atom stereocenters. The van der Waals surface area contributed by atoms with Crippen molar-refractivity contribution < 1.29 is 32.2 Å². The maximum Gasteiger partial charge on any atom is 0.573 e. The van der Waals surface area contributed by atoms with Crippen LogP contribution in [0.1, 0.15) is 19.4 Å². The molecule has 0 saturated heterocycles. The van der Waals surface area contributed by atoms with Crippen LogP contribution in [0.2, 0.25) is 10.0 Å². The third kappa shape index (κ3) is 9.46. The lowest BCUT2D eigenvalue weighted by Gasteiger charge is -2.11. The van der Waals surface area contributed by atoms with Crippen molar-refractivity contribution in [3.8, 4) is 22.8 Å². The Morgan fingerprint density at radius 1 is 1.02 bits per heavy atom. The van der Waals surface area contributed by atoms with Gasteiger partial charge in [-0.05, 0) is 53.7 Å². The van der Waals surface area contributed by atoms with Gasteiger partial charge in [-0.15, -0.1) is 18.3 Å². The van der Waals surface area contributed by atoms with Gasteiger partial charge in [0.05, 0.1) is 28.1 Å². The van der Waals surface area contributed by atoms with Gasteiger partial charge in [0.2, 0.25) is 5.91 Å². The molecule has 0 aliphatic rings. The minimum atomic E-state index is -4.78. The number of nitrogens with zero attached hydrogens (tertiary/aromatic N) is 4. The van der Waals surface area contributed by atoms with Crippen molar-refractivity contribution in [2.75, 3.05) is 5.94 Å². The Labute approximate surface area is 264 Å². The molecule has 0 bridgehead atoms. The number of carbonyl (C=O) groups is 2. The third-order valence-electron chi connectivity index (χ3n) is 5.67. The lowest BCUT2D eigenvalue weighted by atomic mass is 10.1. The summed E-state index contributed by atoms with van der Waals surface area (Å²) in [5.41, 5.74) is 2.08. The Balaban J connectivity index is 1.41. The van der Waals surface area contributed by atoms with Crippen LogP contribution in [-0.4, -0.2) is 44.1 Å². The molecular weight excluding hydrogens is 642 g/mol. The Morgan fingerprint density at radius 3 is 2.30 bits per heavy atom. The number of hydrogen-bond acceptors (Lipinski definition) is 8. The summed E-state index contributed by atoms with van der Waals surface area (Å²) in [6.45, 7) is 3.41. The summed E-state index contributed by atoms with van der Waals surface area (Å²) in [6.07, 6.45) is -3.35. The van der Waals surface area contributed by atoms with Crippen LogP contribution in [0, 0.1) is 5.92 Å². The third-order valence-corrected chi connectivity index (χ3v) is 6.98. The van der Waals surface area contributed by atoms with Gasteiger partial charge >= 0.3 is 12.3 Å². The average Bonchev–Trinajstić information content (AvgIpc) is 3.45. The zero-order chi connectivity index (χ0) is 31.9. The molecular formula is C29H24Cl2F3N5O4S. The smallest absolute Gasteiger partial charge is 0.454 e. The summed E-state index contributed by atoms with van der Waals surface area (Å²) in [5.74, 6) is -1.16. The minimum absolute atomic E-state index is 0.00386. The number of thioether (sulfide) groups is 1. The number of amides is 1. The first-order valence-corrected chi connectivity index (χ1v) is 14.6. The second kappa shape index (κ2) is 14.6. The van der Waals surface area contributed by atoms with Gasteiger partial charge in [0.15, 0.2) is 11.0 Å².